The summed E-state index contributed by atoms with van der Waals surface area (Å²) in [5, 5.41) is 15.2. The van der Waals surface area contributed by atoms with E-state index in [-0.39, 0.29) is 17.6 Å². The van der Waals surface area contributed by atoms with Crippen molar-refractivity contribution in [1.82, 2.24) is 5.32 Å². The van der Waals surface area contributed by atoms with E-state index in [1.165, 1.54) is 18.7 Å². The van der Waals surface area contributed by atoms with Crippen LogP contribution in [0.1, 0.15) is 12.5 Å². The fraction of sp³-hybridized carbons (Fsp3) is 0.0556. The molecule has 0 radical (unpaired) electrons. The zero-order valence-electron chi connectivity index (χ0n) is 13.3. The Morgan fingerprint density at radius 3 is 2.48 bits per heavy atom. The molecule has 0 bridgehead atoms. The minimum absolute atomic E-state index is 0.137. The van der Waals surface area contributed by atoms with Gasteiger partial charge in [0.2, 0.25) is 5.91 Å². The van der Waals surface area contributed by atoms with Crippen LogP contribution in [0.2, 0.25) is 0 Å². The smallest absolute Gasteiger partial charge is 0.264 e. The number of aromatic hydroxyl groups is 1. The molecule has 1 aliphatic heterocycles. The zero-order valence-corrected chi connectivity index (χ0v) is 14.1. The summed E-state index contributed by atoms with van der Waals surface area (Å²) >= 11 is 1.25. The average Bonchev–Trinajstić information content (AvgIpc) is 2.90. The normalized spacial score (nSPS) is 16.9. The lowest BCUT2D eigenvalue weighted by Gasteiger charge is -2.02. The molecule has 126 valence electrons. The van der Waals surface area contributed by atoms with Crippen molar-refractivity contribution in [3.8, 4) is 5.75 Å². The second kappa shape index (κ2) is 7.23. The van der Waals surface area contributed by atoms with Gasteiger partial charge in [0.1, 0.15) is 5.75 Å². The zero-order chi connectivity index (χ0) is 17.8. The molecule has 2 aromatic carbocycles. The van der Waals surface area contributed by atoms with Crippen LogP contribution in [0.3, 0.4) is 0 Å². The number of anilines is 1. The average molecular weight is 353 g/mol. The van der Waals surface area contributed by atoms with Crippen molar-refractivity contribution >= 4 is 46.2 Å². The number of phenols is 1. The summed E-state index contributed by atoms with van der Waals surface area (Å²) in [5.74, 6) is -0.177. The molecule has 1 heterocycles. The summed E-state index contributed by atoms with van der Waals surface area (Å²) in [6, 6.07) is 13.6. The Morgan fingerprint density at radius 2 is 1.84 bits per heavy atom. The largest absolute Gasteiger partial charge is 0.508 e. The fourth-order valence-corrected chi connectivity index (χ4v) is 2.98. The number of nitrogens with zero attached hydrogens (tertiary/aromatic N) is 1. The van der Waals surface area contributed by atoms with E-state index in [9.17, 15) is 14.7 Å². The summed E-state index contributed by atoms with van der Waals surface area (Å²) < 4.78 is 0. The Kier molecular flexibility index (Phi) is 4.85. The van der Waals surface area contributed by atoms with E-state index >= 15 is 0 Å². The second-order valence-corrected chi connectivity index (χ2v) is 6.33. The maximum atomic E-state index is 12.0. The maximum absolute atomic E-state index is 12.0. The number of rotatable bonds is 3. The van der Waals surface area contributed by atoms with Crippen molar-refractivity contribution in [2.75, 3.05) is 5.32 Å². The molecule has 0 unspecified atom stereocenters. The molecule has 2 amide bonds. The lowest BCUT2D eigenvalue weighted by molar-refractivity contribution is -0.115. The van der Waals surface area contributed by atoms with Gasteiger partial charge in [0.15, 0.2) is 5.17 Å². The van der Waals surface area contributed by atoms with Gasteiger partial charge in [0, 0.05) is 12.6 Å². The summed E-state index contributed by atoms with van der Waals surface area (Å²) in [6.07, 6.45) is 1.74. The van der Waals surface area contributed by atoms with E-state index in [0.29, 0.717) is 21.4 Å². The highest BCUT2D eigenvalue weighted by molar-refractivity contribution is 8.18. The van der Waals surface area contributed by atoms with Gasteiger partial charge in [0.05, 0.1) is 10.6 Å². The number of benzene rings is 2. The van der Waals surface area contributed by atoms with Crippen molar-refractivity contribution in [3.63, 3.8) is 0 Å². The first kappa shape index (κ1) is 16.8. The van der Waals surface area contributed by atoms with E-state index in [2.05, 4.69) is 15.6 Å². The maximum Gasteiger partial charge on any atom is 0.264 e. The van der Waals surface area contributed by atoms with E-state index in [1.54, 1.807) is 54.6 Å². The molecule has 25 heavy (non-hydrogen) atoms. The Bertz CT molecular complexity index is 871. The number of carbonyl (C=O) groups is 2. The minimum atomic E-state index is -0.216. The standard InChI is InChI=1S/C18H15N3O3S/c1-11(22)19-13-4-6-14(7-5-13)20-18-21-17(24)16(25-18)10-12-2-8-15(23)9-3-12/h2-10,23H,1H3,(H,19,22)(H,20,21,24). The van der Waals surface area contributed by atoms with Crippen LogP contribution in [0.4, 0.5) is 11.4 Å². The summed E-state index contributed by atoms with van der Waals surface area (Å²) in [4.78, 5) is 28.0. The number of amides is 2. The number of hydrogen-bond donors (Lipinski definition) is 3. The molecule has 3 N–H and O–H groups in total. The number of thioether (sulfide) groups is 1. The Morgan fingerprint density at radius 1 is 1.16 bits per heavy atom. The fourth-order valence-electron chi connectivity index (χ4n) is 2.14. The third-order valence-electron chi connectivity index (χ3n) is 3.26. The van der Waals surface area contributed by atoms with Crippen LogP contribution in [0.15, 0.2) is 58.4 Å². The van der Waals surface area contributed by atoms with Crippen LogP contribution in [0.5, 0.6) is 5.75 Å². The first-order chi connectivity index (χ1) is 12.0. The van der Waals surface area contributed by atoms with Gasteiger partial charge in [0.25, 0.3) is 5.91 Å². The number of aliphatic imine (C=N–C) groups is 1. The number of amidine groups is 1. The van der Waals surface area contributed by atoms with Crippen LogP contribution in [-0.2, 0) is 9.59 Å². The lowest BCUT2D eigenvalue weighted by Crippen LogP contribution is -2.19. The molecule has 1 aliphatic rings. The lowest BCUT2D eigenvalue weighted by atomic mass is 10.2. The van der Waals surface area contributed by atoms with Crippen LogP contribution in [0.25, 0.3) is 6.08 Å². The van der Waals surface area contributed by atoms with Crippen molar-refractivity contribution < 1.29 is 14.7 Å². The summed E-state index contributed by atoms with van der Waals surface area (Å²) in [5.41, 5.74) is 2.17. The predicted molar refractivity (Wildman–Crippen MR) is 99.7 cm³/mol. The number of nitrogens with one attached hydrogen (secondary N) is 2. The predicted octanol–water partition coefficient (Wildman–Crippen LogP) is 3.24. The minimum Gasteiger partial charge on any atom is -0.508 e. The van der Waals surface area contributed by atoms with Gasteiger partial charge in [-0.2, -0.15) is 0 Å². The van der Waals surface area contributed by atoms with Crippen LogP contribution in [-0.4, -0.2) is 22.1 Å². The van der Waals surface area contributed by atoms with E-state index < -0.39 is 0 Å². The van der Waals surface area contributed by atoms with Crippen molar-refractivity contribution in [1.29, 1.82) is 0 Å². The third-order valence-corrected chi connectivity index (χ3v) is 4.17. The van der Waals surface area contributed by atoms with Crippen LogP contribution < -0.4 is 10.6 Å². The molecule has 1 saturated heterocycles. The molecular formula is C18H15N3O3S. The molecule has 3 rings (SSSR count). The highest BCUT2D eigenvalue weighted by Crippen LogP contribution is 2.28. The first-order valence-electron chi connectivity index (χ1n) is 7.46. The van der Waals surface area contributed by atoms with Crippen LogP contribution in [0, 0.1) is 0 Å². The number of carbonyl (C=O) groups excluding carboxylic acids is 2. The van der Waals surface area contributed by atoms with E-state index in [0.717, 1.165) is 5.56 Å². The Balaban J connectivity index is 1.74. The second-order valence-electron chi connectivity index (χ2n) is 5.30. The molecule has 0 atom stereocenters. The summed E-state index contributed by atoms with van der Waals surface area (Å²) in [7, 11) is 0. The van der Waals surface area contributed by atoms with Gasteiger partial charge in [-0.15, -0.1) is 0 Å². The van der Waals surface area contributed by atoms with Gasteiger partial charge in [-0.05, 0) is 59.8 Å². The van der Waals surface area contributed by atoms with Crippen molar-refractivity contribution in [2.45, 2.75) is 6.92 Å². The van der Waals surface area contributed by atoms with Gasteiger partial charge >= 0.3 is 0 Å². The molecule has 0 aliphatic carbocycles. The highest BCUT2D eigenvalue weighted by atomic mass is 32.2. The van der Waals surface area contributed by atoms with Crippen LogP contribution >= 0.6 is 11.8 Å². The Labute approximate surface area is 148 Å². The molecular weight excluding hydrogens is 338 g/mol. The quantitative estimate of drug-likeness (QED) is 0.739. The molecule has 2 aromatic rings. The van der Waals surface area contributed by atoms with Crippen molar-refractivity contribution in [2.24, 2.45) is 4.99 Å². The van der Waals surface area contributed by atoms with Gasteiger partial charge in [-0.1, -0.05) is 12.1 Å². The Hall–Kier alpha value is -3.06. The van der Waals surface area contributed by atoms with Gasteiger partial charge in [-0.25, -0.2) is 4.99 Å². The topological polar surface area (TPSA) is 90.8 Å². The SMILES string of the molecule is CC(=O)Nc1ccc(N=C2NC(=O)C(=Cc3ccc(O)cc3)S2)cc1. The summed E-state index contributed by atoms with van der Waals surface area (Å²) in [6.45, 7) is 1.45. The molecule has 1 fully saturated rings. The molecule has 0 saturated carbocycles. The van der Waals surface area contributed by atoms with Crippen molar-refractivity contribution in [3.05, 3.63) is 59.0 Å². The van der Waals surface area contributed by atoms with E-state index in [1.807, 2.05) is 0 Å². The first-order valence-corrected chi connectivity index (χ1v) is 8.27. The van der Waals surface area contributed by atoms with Gasteiger partial charge in [-0.3, -0.25) is 9.59 Å². The molecule has 0 aromatic heterocycles. The molecule has 0 spiro atoms. The molecule has 7 heteroatoms. The van der Waals surface area contributed by atoms with E-state index in [4.69, 9.17) is 0 Å². The number of phenolic OH excluding ortho intramolecular Hbond substituents is 1. The molecule has 6 nitrogen and oxygen atoms in total. The third kappa shape index (κ3) is 4.48. The highest BCUT2D eigenvalue weighted by Gasteiger charge is 2.23. The van der Waals surface area contributed by atoms with Gasteiger partial charge < -0.3 is 15.7 Å². The number of hydrogen-bond acceptors (Lipinski definition) is 5. The monoisotopic (exact) mass is 353 g/mol.